The van der Waals surface area contributed by atoms with Crippen LogP contribution in [0.25, 0.3) is 0 Å². The van der Waals surface area contributed by atoms with Gasteiger partial charge in [0.2, 0.25) is 0 Å². The lowest BCUT2D eigenvalue weighted by Crippen LogP contribution is -2.10. The molecule has 1 heterocycles. The van der Waals surface area contributed by atoms with Crippen LogP contribution in [0.3, 0.4) is 0 Å². The number of thiol groups is 1. The van der Waals surface area contributed by atoms with Crippen molar-refractivity contribution in [2.75, 3.05) is 11.5 Å². The van der Waals surface area contributed by atoms with Gasteiger partial charge in [-0.15, -0.1) is 0 Å². The third-order valence-corrected chi connectivity index (χ3v) is 3.88. The van der Waals surface area contributed by atoms with Gasteiger partial charge in [0.15, 0.2) is 5.16 Å². The Labute approximate surface area is 106 Å². The Morgan fingerprint density at radius 3 is 2.94 bits per heavy atom. The topological polar surface area (TPSA) is 45.8 Å². The van der Waals surface area contributed by atoms with Gasteiger partial charge in [-0.1, -0.05) is 25.1 Å². The second-order valence-corrected chi connectivity index (χ2v) is 5.21. The predicted molar refractivity (Wildman–Crippen MR) is 72.6 cm³/mol. The molecular formula is C11H18N2OS2. The van der Waals surface area contributed by atoms with Crippen LogP contribution >= 0.6 is 24.4 Å². The van der Waals surface area contributed by atoms with Gasteiger partial charge in [-0.05, 0) is 25.0 Å². The first kappa shape index (κ1) is 13.6. The molecule has 1 N–H and O–H groups in total. The summed E-state index contributed by atoms with van der Waals surface area (Å²) in [4.78, 5) is 18.3. The average Bonchev–Trinajstić information content (AvgIpc) is 2.23. The van der Waals surface area contributed by atoms with Crippen molar-refractivity contribution in [1.82, 2.24) is 9.97 Å². The predicted octanol–water partition coefficient (Wildman–Crippen LogP) is 2.52. The summed E-state index contributed by atoms with van der Waals surface area (Å²) in [5, 5.41) is 0.716. The van der Waals surface area contributed by atoms with E-state index in [2.05, 4.69) is 29.5 Å². The lowest BCUT2D eigenvalue weighted by molar-refractivity contribution is 0.595. The second-order valence-electron chi connectivity index (χ2n) is 3.84. The van der Waals surface area contributed by atoms with E-state index in [9.17, 15) is 4.79 Å². The number of nitrogens with one attached hydrogen (secondary N) is 1. The Kier molecular flexibility index (Phi) is 5.98. The maximum atomic E-state index is 11.2. The molecule has 3 nitrogen and oxygen atoms in total. The SMILES string of the molecule is CCCC(CS)CSc1nc(C)cc(=O)[nH]1. The molecule has 0 amide bonds. The Balaban J connectivity index is 2.56. The quantitative estimate of drug-likeness (QED) is 0.468. The molecule has 0 bridgehead atoms. The minimum Gasteiger partial charge on any atom is -0.301 e. The van der Waals surface area contributed by atoms with Crippen molar-refractivity contribution in [3.8, 4) is 0 Å². The van der Waals surface area contributed by atoms with Crippen molar-refractivity contribution < 1.29 is 0 Å². The highest BCUT2D eigenvalue weighted by atomic mass is 32.2. The zero-order valence-corrected chi connectivity index (χ0v) is 11.4. The van der Waals surface area contributed by atoms with E-state index in [1.54, 1.807) is 11.8 Å². The lowest BCUT2D eigenvalue weighted by atomic mass is 10.1. The smallest absolute Gasteiger partial charge is 0.251 e. The fourth-order valence-corrected chi connectivity index (χ4v) is 3.00. The summed E-state index contributed by atoms with van der Waals surface area (Å²) in [7, 11) is 0. The molecule has 1 unspecified atom stereocenters. The minimum atomic E-state index is -0.0760. The van der Waals surface area contributed by atoms with Crippen LogP contribution in [0.1, 0.15) is 25.5 Å². The third kappa shape index (κ3) is 4.61. The zero-order chi connectivity index (χ0) is 12.0. The highest BCUT2D eigenvalue weighted by Crippen LogP contribution is 2.19. The van der Waals surface area contributed by atoms with Crippen LogP contribution in [0.4, 0.5) is 0 Å². The summed E-state index contributed by atoms with van der Waals surface area (Å²) < 4.78 is 0. The van der Waals surface area contributed by atoms with Crippen LogP contribution in [-0.2, 0) is 0 Å². The summed E-state index contributed by atoms with van der Waals surface area (Å²) >= 11 is 5.94. The molecule has 1 aromatic heterocycles. The maximum Gasteiger partial charge on any atom is 0.251 e. The average molecular weight is 258 g/mol. The summed E-state index contributed by atoms with van der Waals surface area (Å²) in [6.45, 7) is 4.01. The molecule has 0 radical (unpaired) electrons. The number of aromatic amines is 1. The molecule has 0 spiro atoms. The summed E-state index contributed by atoms with van der Waals surface area (Å²) in [6.07, 6.45) is 2.34. The number of aryl methyl sites for hydroxylation is 1. The van der Waals surface area contributed by atoms with Crippen LogP contribution in [0.5, 0.6) is 0 Å². The van der Waals surface area contributed by atoms with Gasteiger partial charge in [-0.3, -0.25) is 4.79 Å². The van der Waals surface area contributed by atoms with Crippen LogP contribution in [-0.4, -0.2) is 21.5 Å². The van der Waals surface area contributed by atoms with Gasteiger partial charge < -0.3 is 4.98 Å². The van der Waals surface area contributed by atoms with E-state index in [4.69, 9.17) is 0 Å². The van der Waals surface area contributed by atoms with E-state index in [0.29, 0.717) is 11.1 Å². The fourth-order valence-electron chi connectivity index (χ4n) is 1.45. The van der Waals surface area contributed by atoms with Gasteiger partial charge in [0, 0.05) is 17.5 Å². The van der Waals surface area contributed by atoms with E-state index in [1.807, 2.05) is 6.92 Å². The fraction of sp³-hybridized carbons (Fsp3) is 0.636. The Morgan fingerprint density at radius 2 is 2.38 bits per heavy atom. The van der Waals surface area contributed by atoms with E-state index >= 15 is 0 Å². The van der Waals surface area contributed by atoms with Crippen molar-refractivity contribution >= 4 is 24.4 Å². The summed E-state index contributed by atoms with van der Waals surface area (Å²) in [5.41, 5.74) is 0.692. The number of rotatable bonds is 6. The molecule has 0 fully saturated rings. The molecule has 0 saturated carbocycles. The molecule has 0 aromatic carbocycles. The van der Waals surface area contributed by atoms with E-state index in [-0.39, 0.29) is 5.56 Å². The number of aromatic nitrogens is 2. The van der Waals surface area contributed by atoms with Crippen molar-refractivity contribution in [2.45, 2.75) is 31.8 Å². The Morgan fingerprint density at radius 1 is 1.62 bits per heavy atom. The summed E-state index contributed by atoms with van der Waals surface area (Å²) in [5.74, 6) is 2.44. The molecule has 1 atom stereocenters. The van der Waals surface area contributed by atoms with Crippen molar-refractivity contribution in [3.05, 3.63) is 22.1 Å². The largest absolute Gasteiger partial charge is 0.301 e. The molecular weight excluding hydrogens is 240 g/mol. The molecule has 0 aliphatic carbocycles. The van der Waals surface area contributed by atoms with Gasteiger partial charge in [0.05, 0.1) is 0 Å². The molecule has 5 heteroatoms. The number of hydrogen-bond acceptors (Lipinski definition) is 4. The Bertz CT molecular complexity index is 378. The van der Waals surface area contributed by atoms with Crippen LogP contribution in [0.2, 0.25) is 0 Å². The second kappa shape index (κ2) is 7.01. The van der Waals surface area contributed by atoms with E-state index in [0.717, 1.165) is 17.2 Å². The number of H-pyrrole nitrogens is 1. The number of thioether (sulfide) groups is 1. The van der Waals surface area contributed by atoms with Crippen molar-refractivity contribution in [1.29, 1.82) is 0 Å². The highest BCUT2D eigenvalue weighted by Gasteiger charge is 2.07. The van der Waals surface area contributed by atoms with Crippen LogP contribution < -0.4 is 5.56 Å². The van der Waals surface area contributed by atoms with Crippen molar-refractivity contribution in [3.63, 3.8) is 0 Å². The van der Waals surface area contributed by atoms with Crippen LogP contribution in [0.15, 0.2) is 16.0 Å². The van der Waals surface area contributed by atoms with Gasteiger partial charge in [-0.25, -0.2) is 4.98 Å². The van der Waals surface area contributed by atoms with E-state index < -0.39 is 0 Å². The molecule has 0 aliphatic heterocycles. The van der Waals surface area contributed by atoms with Crippen LogP contribution in [0, 0.1) is 12.8 Å². The number of hydrogen-bond donors (Lipinski definition) is 2. The normalized spacial score (nSPS) is 12.7. The van der Waals surface area contributed by atoms with Gasteiger partial charge in [0.1, 0.15) is 0 Å². The molecule has 1 rings (SSSR count). The van der Waals surface area contributed by atoms with Crippen molar-refractivity contribution in [2.24, 2.45) is 5.92 Å². The minimum absolute atomic E-state index is 0.0760. The molecule has 16 heavy (non-hydrogen) atoms. The monoisotopic (exact) mass is 258 g/mol. The first-order valence-electron chi connectivity index (χ1n) is 5.47. The van der Waals surface area contributed by atoms with Gasteiger partial charge >= 0.3 is 0 Å². The van der Waals surface area contributed by atoms with Gasteiger partial charge in [-0.2, -0.15) is 12.6 Å². The summed E-state index contributed by atoms with van der Waals surface area (Å²) in [6, 6.07) is 1.51. The molecule has 0 aliphatic rings. The highest BCUT2D eigenvalue weighted by molar-refractivity contribution is 7.99. The molecule has 90 valence electrons. The first-order chi connectivity index (χ1) is 7.65. The maximum absolute atomic E-state index is 11.2. The third-order valence-electron chi connectivity index (χ3n) is 2.26. The van der Waals surface area contributed by atoms with Gasteiger partial charge in [0.25, 0.3) is 5.56 Å². The molecule has 1 aromatic rings. The van der Waals surface area contributed by atoms with E-state index in [1.165, 1.54) is 18.9 Å². The lowest BCUT2D eigenvalue weighted by Gasteiger charge is -2.11. The zero-order valence-electron chi connectivity index (χ0n) is 9.69. The standard InChI is InChI=1S/C11H18N2OS2/c1-3-4-9(6-15)7-16-11-12-8(2)5-10(14)13-11/h5,9,15H,3-4,6-7H2,1-2H3,(H,12,13,14). The Hall–Kier alpha value is -0.420. The number of nitrogens with zero attached hydrogens (tertiary/aromatic N) is 1. The first-order valence-corrected chi connectivity index (χ1v) is 7.09. The molecule has 0 saturated heterocycles.